The largest absolute Gasteiger partial charge is 1.00 e. The molecule has 3 N–H and O–H groups in total. The zero-order chi connectivity index (χ0) is 6.85. The van der Waals surface area contributed by atoms with E-state index in [4.69, 9.17) is 5.73 Å². The molecule has 0 radical (unpaired) electrons. The smallest absolute Gasteiger partial charge is 0.543 e. The van der Waals surface area contributed by atoms with Gasteiger partial charge in [0.25, 0.3) is 0 Å². The van der Waals surface area contributed by atoms with Gasteiger partial charge in [-0.2, -0.15) is 5.10 Å². The summed E-state index contributed by atoms with van der Waals surface area (Å²) < 4.78 is 0. The monoisotopic (exact) mass is 149 g/mol. The maximum atomic E-state index is 9.98. The Morgan fingerprint density at radius 3 is 2.60 bits per heavy atom. The predicted octanol–water partition coefficient (Wildman–Crippen LogP) is -4.64. The van der Waals surface area contributed by atoms with Crippen molar-refractivity contribution >= 4 is 11.8 Å². The number of nitrogen functional groups attached to an aromatic ring is 1. The number of hydrogen-bond donors (Lipinski definition) is 2. The van der Waals surface area contributed by atoms with Crippen molar-refractivity contribution in [1.82, 2.24) is 10.2 Å². The first-order valence-electron chi connectivity index (χ1n) is 2.22. The number of aromatic amines is 1. The molecule has 1 aromatic heterocycles. The minimum Gasteiger partial charge on any atom is -0.543 e. The van der Waals surface area contributed by atoms with Crippen molar-refractivity contribution in [3.63, 3.8) is 0 Å². The normalized spacial score (nSPS) is 8.40. The third-order valence-electron chi connectivity index (χ3n) is 0.818. The van der Waals surface area contributed by atoms with Crippen molar-refractivity contribution in [3.8, 4) is 0 Å². The molecule has 0 fully saturated rings. The van der Waals surface area contributed by atoms with Crippen LogP contribution < -0.4 is 40.4 Å². The SMILES string of the molecule is Nc1cc(C(=O)[O-])[nH]n1.[Na+]. The summed E-state index contributed by atoms with van der Waals surface area (Å²) in [6.07, 6.45) is 0. The van der Waals surface area contributed by atoms with Crippen molar-refractivity contribution < 1.29 is 39.5 Å². The number of carboxylic acid groups (broad SMARTS) is 1. The summed E-state index contributed by atoms with van der Waals surface area (Å²) in [5.41, 5.74) is 4.98. The fraction of sp³-hybridized carbons (Fsp3) is 0. The van der Waals surface area contributed by atoms with E-state index < -0.39 is 5.97 Å². The first kappa shape index (κ1) is 9.48. The Kier molecular flexibility index (Phi) is 3.41. The maximum Gasteiger partial charge on any atom is 1.00 e. The Balaban J connectivity index is 0.000000810. The molecule has 10 heavy (non-hydrogen) atoms. The van der Waals surface area contributed by atoms with Gasteiger partial charge in [-0.3, -0.25) is 5.10 Å². The molecule has 1 heterocycles. The molecule has 0 aliphatic heterocycles. The van der Waals surface area contributed by atoms with Crippen LogP contribution in [0.2, 0.25) is 0 Å². The van der Waals surface area contributed by atoms with Crippen molar-refractivity contribution in [1.29, 1.82) is 0 Å². The van der Waals surface area contributed by atoms with Crippen LogP contribution in [0.25, 0.3) is 0 Å². The van der Waals surface area contributed by atoms with E-state index in [0.717, 1.165) is 0 Å². The molecule has 0 amide bonds. The van der Waals surface area contributed by atoms with Crippen LogP contribution in [0.5, 0.6) is 0 Å². The molecule has 0 bridgehead atoms. The number of aromatic carboxylic acids is 1. The van der Waals surface area contributed by atoms with Gasteiger partial charge in [0.15, 0.2) is 0 Å². The van der Waals surface area contributed by atoms with E-state index >= 15 is 0 Å². The Hall–Kier alpha value is -0.520. The van der Waals surface area contributed by atoms with E-state index in [2.05, 4.69) is 10.2 Å². The molecule has 0 atom stereocenters. The minimum absolute atomic E-state index is 0. The standard InChI is InChI=1S/C4H5N3O2.Na/c5-3-1-2(4(8)9)6-7-3;/h1H,(H,8,9)(H3,5,6,7);/q;+1/p-1. The molecule has 0 saturated carbocycles. The van der Waals surface area contributed by atoms with E-state index in [-0.39, 0.29) is 41.1 Å². The van der Waals surface area contributed by atoms with Crippen LogP contribution in [0, 0.1) is 0 Å². The number of rotatable bonds is 1. The fourth-order valence-electron chi connectivity index (χ4n) is 0.442. The van der Waals surface area contributed by atoms with Gasteiger partial charge in [0.05, 0.1) is 11.7 Å². The molecule has 1 rings (SSSR count). The summed E-state index contributed by atoms with van der Waals surface area (Å²) in [5.74, 6) is -1.16. The summed E-state index contributed by atoms with van der Waals surface area (Å²) in [7, 11) is 0. The van der Waals surface area contributed by atoms with Crippen molar-refractivity contribution in [3.05, 3.63) is 11.8 Å². The van der Waals surface area contributed by atoms with Gasteiger partial charge in [-0.25, -0.2) is 0 Å². The Bertz CT molecular complexity index is 234. The quantitative estimate of drug-likeness (QED) is 0.392. The van der Waals surface area contributed by atoms with Crippen LogP contribution in [0.4, 0.5) is 5.82 Å². The number of carbonyl (C=O) groups excluding carboxylic acids is 1. The number of carboxylic acids is 1. The number of nitrogens with one attached hydrogen (secondary N) is 1. The summed E-state index contributed by atoms with van der Waals surface area (Å²) >= 11 is 0. The molecule has 0 aromatic carbocycles. The van der Waals surface area contributed by atoms with Crippen molar-refractivity contribution in [2.24, 2.45) is 0 Å². The number of H-pyrrole nitrogens is 1. The van der Waals surface area contributed by atoms with Crippen molar-refractivity contribution in [2.45, 2.75) is 0 Å². The molecule has 0 aliphatic carbocycles. The Labute approximate surface area is 78.9 Å². The second-order valence-corrected chi connectivity index (χ2v) is 1.49. The number of aromatic nitrogens is 2. The number of nitrogens with zero attached hydrogens (tertiary/aromatic N) is 1. The van der Waals surface area contributed by atoms with Gasteiger partial charge in [-0.1, -0.05) is 0 Å². The van der Waals surface area contributed by atoms with Crippen LogP contribution in [0.1, 0.15) is 10.5 Å². The van der Waals surface area contributed by atoms with Gasteiger partial charge in [-0.05, 0) is 0 Å². The topological polar surface area (TPSA) is 94.8 Å². The molecular formula is C4H4N3NaO2. The minimum atomic E-state index is -1.31. The summed E-state index contributed by atoms with van der Waals surface area (Å²) in [6, 6.07) is 1.19. The number of anilines is 1. The van der Waals surface area contributed by atoms with E-state index in [0.29, 0.717) is 0 Å². The van der Waals surface area contributed by atoms with Crippen LogP contribution >= 0.6 is 0 Å². The van der Waals surface area contributed by atoms with Crippen molar-refractivity contribution in [2.75, 3.05) is 5.73 Å². The van der Waals surface area contributed by atoms with Crippen LogP contribution in [-0.2, 0) is 0 Å². The molecule has 1 aromatic rings. The molecule has 0 spiro atoms. The Morgan fingerprint density at radius 1 is 1.80 bits per heavy atom. The number of carbonyl (C=O) groups is 1. The average Bonchev–Trinajstić information content (AvgIpc) is 2.14. The summed E-state index contributed by atoms with van der Waals surface area (Å²) in [5, 5.41) is 15.5. The third kappa shape index (κ3) is 2.02. The first-order valence-corrected chi connectivity index (χ1v) is 2.22. The number of nitrogens with two attached hydrogens (primary N) is 1. The molecule has 0 aliphatic rings. The van der Waals surface area contributed by atoms with E-state index in [9.17, 15) is 9.90 Å². The van der Waals surface area contributed by atoms with Gasteiger partial charge < -0.3 is 15.6 Å². The van der Waals surface area contributed by atoms with Gasteiger partial charge in [0.2, 0.25) is 0 Å². The molecular weight excluding hydrogens is 145 g/mol. The molecule has 0 unspecified atom stereocenters. The zero-order valence-electron chi connectivity index (χ0n) is 5.42. The first-order chi connectivity index (χ1) is 4.20. The summed E-state index contributed by atoms with van der Waals surface area (Å²) in [6.45, 7) is 0. The predicted molar refractivity (Wildman–Crippen MR) is 27.3 cm³/mol. The maximum absolute atomic E-state index is 9.98. The molecule has 6 heteroatoms. The second-order valence-electron chi connectivity index (χ2n) is 1.49. The van der Waals surface area contributed by atoms with E-state index in [1.54, 1.807) is 0 Å². The van der Waals surface area contributed by atoms with E-state index in [1.165, 1.54) is 6.07 Å². The third-order valence-corrected chi connectivity index (χ3v) is 0.818. The molecule has 5 nitrogen and oxygen atoms in total. The molecule has 48 valence electrons. The Morgan fingerprint density at radius 2 is 2.40 bits per heavy atom. The van der Waals surface area contributed by atoms with Gasteiger partial charge >= 0.3 is 29.6 Å². The van der Waals surface area contributed by atoms with E-state index in [1.807, 2.05) is 0 Å². The summed E-state index contributed by atoms with van der Waals surface area (Å²) in [4.78, 5) is 9.98. The van der Waals surface area contributed by atoms with Crippen LogP contribution in [0.15, 0.2) is 6.07 Å². The van der Waals surface area contributed by atoms with Crippen LogP contribution in [-0.4, -0.2) is 16.2 Å². The van der Waals surface area contributed by atoms with Crippen LogP contribution in [0.3, 0.4) is 0 Å². The fourth-order valence-corrected chi connectivity index (χ4v) is 0.442. The second kappa shape index (κ2) is 3.60. The van der Waals surface area contributed by atoms with Gasteiger partial charge in [0.1, 0.15) is 5.82 Å². The average molecular weight is 149 g/mol. The van der Waals surface area contributed by atoms with Gasteiger partial charge in [0, 0.05) is 6.07 Å². The zero-order valence-corrected chi connectivity index (χ0v) is 7.42. The van der Waals surface area contributed by atoms with Gasteiger partial charge in [-0.15, -0.1) is 0 Å². The molecule has 0 saturated heterocycles. The number of hydrogen-bond acceptors (Lipinski definition) is 4.